The van der Waals surface area contributed by atoms with E-state index < -0.39 is 16.4 Å². The van der Waals surface area contributed by atoms with Crippen LogP contribution in [0.25, 0.3) is 0 Å². The van der Waals surface area contributed by atoms with Gasteiger partial charge < -0.3 is 5.73 Å². The summed E-state index contributed by atoms with van der Waals surface area (Å²) in [5, 5.41) is 10.8. The van der Waals surface area contributed by atoms with Gasteiger partial charge in [-0.1, -0.05) is 6.58 Å². The number of carbonyl (C=O) groups is 1. The fraction of sp³-hybridized carbons (Fsp3) is 0.625. The van der Waals surface area contributed by atoms with Crippen molar-refractivity contribution in [2.24, 2.45) is 5.73 Å². The topological polar surface area (TPSA) is 86.2 Å². The molecule has 0 heterocycles. The number of hydrogen-bond acceptors (Lipinski definition) is 3. The first-order valence-electron chi connectivity index (χ1n) is 4.14. The molecule has 0 unspecified atom stereocenters. The van der Waals surface area contributed by atoms with Gasteiger partial charge in [0, 0.05) is 17.8 Å². The lowest BCUT2D eigenvalue weighted by molar-refractivity contribution is -0.555. The third-order valence-corrected chi connectivity index (χ3v) is 2.64. The number of rotatable bonds is 3. The van der Waals surface area contributed by atoms with Crippen molar-refractivity contribution in [1.82, 2.24) is 0 Å². The minimum atomic E-state index is -1.27. The highest BCUT2D eigenvalue weighted by molar-refractivity contribution is 5.93. The Morgan fingerprint density at radius 2 is 1.92 bits per heavy atom. The van der Waals surface area contributed by atoms with Gasteiger partial charge in [0.05, 0.1) is 5.57 Å². The summed E-state index contributed by atoms with van der Waals surface area (Å²) in [7, 11) is 0. The van der Waals surface area contributed by atoms with Gasteiger partial charge >= 0.3 is 0 Å². The summed E-state index contributed by atoms with van der Waals surface area (Å²) < 4.78 is 0. The number of amides is 1. The predicted molar refractivity (Wildman–Crippen MR) is 46.5 cm³/mol. The standard InChI is InChI=1S/C8H12N2O3/c1-6(7(9)11)8(10(12)13)4-2-3-5-8/h1-5H2,(H2,9,11). The minimum Gasteiger partial charge on any atom is -0.366 e. The molecule has 0 saturated heterocycles. The van der Waals surface area contributed by atoms with Crippen LogP contribution in [0.15, 0.2) is 12.2 Å². The predicted octanol–water partition coefficient (Wildman–Crippen LogP) is 0.617. The molecule has 0 bridgehead atoms. The lowest BCUT2D eigenvalue weighted by Crippen LogP contribution is -2.41. The number of nitro groups is 1. The largest absolute Gasteiger partial charge is 0.366 e. The molecule has 0 aliphatic heterocycles. The third kappa shape index (κ3) is 1.41. The zero-order valence-corrected chi connectivity index (χ0v) is 7.28. The Morgan fingerprint density at radius 3 is 2.23 bits per heavy atom. The van der Waals surface area contributed by atoms with E-state index in [0.29, 0.717) is 12.8 Å². The highest BCUT2D eigenvalue weighted by Crippen LogP contribution is 2.37. The molecule has 0 aromatic carbocycles. The molecule has 72 valence electrons. The van der Waals surface area contributed by atoms with Crippen molar-refractivity contribution in [3.63, 3.8) is 0 Å². The molecule has 13 heavy (non-hydrogen) atoms. The van der Waals surface area contributed by atoms with Crippen LogP contribution in [0, 0.1) is 10.1 Å². The van der Waals surface area contributed by atoms with Crippen LogP contribution in [0.3, 0.4) is 0 Å². The Balaban J connectivity index is 2.98. The second-order valence-corrected chi connectivity index (χ2v) is 3.34. The van der Waals surface area contributed by atoms with E-state index in [9.17, 15) is 14.9 Å². The summed E-state index contributed by atoms with van der Waals surface area (Å²) in [5.41, 5.74) is 3.66. The zero-order chi connectivity index (χ0) is 10.1. The molecule has 5 heteroatoms. The van der Waals surface area contributed by atoms with Gasteiger partial charge in [0.15, 0.2) is 0 Å². The van der Waals surface area contributed by atoms with Gasteiger partial charge in [0.2, 0.25) is 0 Å². The summed E-state index contributed by atoms with van der Waals surface area (Å²) in [4.78, 5) is 21.2. The summed E-state index contributed by atoms with van der Waals surface area (Å²) in [5.74, 6) is -0.765. The first kappa shape index (κ1) is 9.70. The molecular formula is C8H12N2O3. The van der Waals surface area contributed by atoms with E-state index in [1.54, 1.807) is 0 Å². The lowest BCUT2D eigenvalue weighted by Gasteiger charge is -2.19. The Hall–Kier alpha value is -1.39. The normalized spacial score (nSPS) is 19.7. The van der Waals surface area contributed by atoms with E-state index in [2.05, 4.69) is 6.58 Å². The maximum absolute atomic E-state index is 10.8. The van der Waals surface area contributed by atoms with Gasteiger partial charge in [-0.3, -0.25) is 14.9 Å². The maximum Gasteiger partial charge on any atom is 0.251 e. The number of hydrogen-bond donors (Lipinski definition) is 1. The molecule has 1 aliphatic rings. The zero-order valence-electron chi connectivity index (χ0n) is 7.28. The van der Waals surface area contributed by atoms with Gasteiger partial charge in [-0.25, -0.2) is 0 Å². The Morgan fingerprint density at radius 1 is 1.46 bits per heavy atom. The van der Waals surface area contributed by atoms with Crippen molar-refractivity contribution in [1.29, 1.82) is 0 Å². The van der Waals surface area contributed by atoms with Gasteiger partial charge in [-0.05, 0) is 12.8 Å². The second-order valence-electron chi connectivity index (χ2n) is 3.34. The second kappa shape index (κ2) is 3.16. The van der Waals surface area contributed by atoms with Gasteiger partial charge in [-0.2, -0.15) is 0 Å². The summed E-state index contributed by atoms with van der Waals surface area (Å²) >= 11 is 0. The van der Waals surface area contributed by atoms with Crippen LogP contribution in [0.4, 0.5) is 0 Å². The van der Waals surface area contributed by atoms with Gasteiger partial charge in [0.1, 0.15) is 0 Å². The van der Waals surface area contributed by atoms with Crippen LogP contribution < -0.4 is 5.73 Å². The Bertz CT molecular complexity index is 267. The molecule has 0 spiro atoms. The average molecular weight is 184 g/mol. The van der Waals surface area contributed by atoms with Crippen molar-refractivity contribution in [2.45, 2.75) is 31.2 Å². The van der Waals surface area contributed by atoms with Crippen molar-refractivity contribution in [2.75, 3.05) is 0 Å². The molecule has 1 saturated carbocycles. The van der Waals surface area contributed by atoms with E-state index in [-0.39, 0.29) is 5.57 Å². The Labute approximate surface area is 75.8 Å². The van der Waals surface area contributed by atoms with Crippen LogP contribution in [0.2, 0.25) is 0 Å². The van der Waals surface area contributed by atoms with E-state index in [1.807, 2.05) is 0 Å². The fourth-order valence-corrected chi connectivity index (χ4v) is 1.78. The van der Waals surface area contributed by atoms with Crippen molar-refractivity contribution >= 4 is 5.91 Å². The van der Waals surface area contributed by atoms with Crippen molar-refractivity contribution in [3.05, 3.63) is 22.3 Å². The average Bonchev–Trinajstić information content (AvgIpc) is 2.51. The molecular weight excluding hydrogens is 172 g/mol. The molecule has 1 amide bonds. The van der Waals surface area contributed by atoms with E-state index >= 15 is 0 Å². The first-order valence-corrected chi connectivity index (χ1v) is 4.14. The molecule has 0 aromatic heterocycles. The Kier molecular flexibility index (Phi) is 2.36. The molecule has 1 fully saturated rings. The summed E-state index contributed by atoms with van der Waals surface area (Å²) in [6.45, 7) is 3.41. The number of nitrogens with zero attached hydrogens (tertiary/aromatic N) is 1. The van der Waals surface area contributed by atoms with E-state index in [0.717, 1.165) is 12.8 Å². The highest BCUT2D eigenvalue weighted by Gasteiger charge is 2.50. The molecule has 1 rings (SSSR count). The first-order chi connectivity index (χ1) is 6.00. The third-order valence-electron chi connectivity index (χ3n) is 2.64. The smallest absolute Gasteiger partial charge is 0.251 e. The van der Waals surface area contributed by atoms with Crippen LogP contribution >= 0.6 is 0 Å². The monoisotopic (exact) mass is 184 g/mol. The van der Waals surface area contributed by atoms with Crippen LogP contribution in [0.1, 0.15) is 25.7 Å². The summed E-state index contributed by atoms with van der Waals surface area (Å²) in [6.07, 6.45) is 2.27. The van der Waals surface area contributed by atoms with Crippen LogP contribution in [-0.4, -0.2) is 16.4 Å². The van der Waals surface area contributed by atoms with Crippen LogP contribution in [0.5, 0.6) is 0 Å². The molecule has 0 aromatic rings. The molecule has 0 atom stereocenters. The molecule has 2 N–H and O–H groups in total. The number of carbonyl (C=O) groups excluding carboxylic acids is 1. The maximum atomic E-state index is 10.8. The number of primary amides is 1. The SMILES string of the molecule is C=C(C(N)=O)C1([N+](=O)[O-])CCCC1. The fourth-order valence-electron chi connectivity index (χ4n) is 1.78. The highest BCUT2D eigenvalue weighted by atomic mass is 16.6. The number of nitrogens with two attached hydrogens (primary N) is 1. The van der Waals surface area contributed by atoms with Crippen molar-refractivity contribution < 1.29 is 9.72 Å². The molecule has 5 nitrogen and oxygen atoms in total. The quantitative estimate of drug-likeness (QED) is 0.396. The van der Waals surface area contributed by atoms with Gasteiger partial charge in [-0.15, -0.1) is 0 Å². The lowest BCUT2D eigenvalue weighted by atomic mass is 9.89. The molecule has 0 radical (unpaired) electrons. The molecule has 1 aliphatic carbocycles. The van der Waals surface area contributed by atoms with Crippen LogP contribution in [-0.2, 0) is 4.79 Å². The minimum absolute atomic E-state index is 0.0602. The van der Waals surface area contributed by atoms with E-state index in [1.165, 1.54) is 0 Å². The summed E-state index contributed by atoms with van der Waals surface area (Å²) in [6, 6.07) is 0. The van der Waals surface area contributed by atoms with E-state index in [4.69, 9.17) is 5.73 Å². The van der Waals surface area contributed by atoms with Crippen molar-refractivity contribution in [3.8, 4) is 0 Å². The van der Waals surface area contributed by atoms with Gasteiger partial charge in [0.25, 0.3) is 11.4 Å².